The minimum absolute atomic E-state index is 0.485. The minimum atomic E-state index is -4.25. The second-order valence-electron chi connectivity index (χ2n) is 11.2. The van der Waals surface area contributed by atoms with Crippen LogP contribution in [0.15, 0.2) is 24.3 Å². The Kier molecular flexibility index (Phi) is 20.4. The molecule has 1 rings (SSSR count). The van der Waals surface area contributed by atoms with Crippen LogP contribution in [-0.2, 0) is 12.3 Å². The van der Waals surface area contributed by atoms with E-state index in [1.54, 1.807) is 6.07 Å². The molecule has 0 nitrogen and oxygen atoms in total. The first-order chi connectivity index (χ1) is 17.9. The maximum atomic E-state index is 13.3. The molecule has 0 heterocycles. The van der Waals surface area contributed by atoms with Gasteiger partial charge < -0.3 is 0 Å². The van der Waals surface area contributed by atoms with Gasteiger partial charge in [0.15, 0.2) is 0 Å². The van der Waals surface area contributed by atoms with Crippen LogP contribution < -0.4 is 0 Å². The summed E-state index contributed by atoms with van der Waals surface area (Å²) in [7, 11) is 0.831. The van der Waals surface area contributed by atoms with Gasteiger partial charge in [-0.3, -0.25) is 0 Å². The number of unbranched alkanes of at least 4 members (excludes halogenated alkanes) is 15. The lowest BCUT2D eigenvalue weighted by atomic mass is 10.1. The average Bonchev–Trinajstić information content (AvgIpc) is 2.88. The molecular weight excluding hydrogens is 503 g/mol. The number of hydrogen-bond acceptors (Lipinski definition) is 0. The van der Waals surface area contributed by atoms with Gasteiger partial charge in [-0.05, 0) is 50.2 Å². The van der Waals surface area contributed by atoms with Gasteiger partial charge in [0.05, 0.1) is 24.0 Å². The molecule has 0 saturated carbocycles. The summed E-state index contributed by atoms with van der Waals surface area (Å²) < 4.78 is 40.0. The van der Waals surface area contributed by atoms with E-state index in [2.05, 4.69) is 20.8 Å². The van der Waals surface area contributed by atoms with Crippen molar-refractivity contribution in [3.8, 4) is 0 Å². The van der Waals surface area contributed by atoms with E-state index in [0.29, 0.717) is 0 Å². The second kappa shape index (κ2) is 21.7. The monoisotopic (exact) mass is 561 g/mol. The number of hydrogen-bond donors (Lipinski definition) is 0. The van der Waals surface area contributed by atoms with Gasteiger partial charge in [0.1, 0.15) is 0 Å². The zero-order chi connectivity index (χ0) is 27.2. The zero-order valence-electron chi connectivity index (χ0n) is 24.4. The van der Waals surface area contributed by atoms with Gasteiger partial charge in [0.2, 0.25) is 0 Å². The number of benzene rings is 1. The molecule has 0 aliphatic rings. The fraction of sp³-hybridized carbons (Fsp3) is 0.812. The predicted octanol–water partition coefficient (Wildman–Crippen LogP) is 12.9. The van der Waals surface area contributed by atoms with E-state index >= 15 is 0 Å². The highest BCUT2D eigenvalue weighted by Crippen LogP contribution is 2.76. The summed E-state index contributed by atoms with van der Waals surface area (Å²) in [5.41, 5.74) is 0.410. The first-order valence-corrected chi connectivity index (χ1v) is 20.0. The van der Waals surface area contributed by atoms with E-state index < -0.39 is 18.7 Å². The van der Waals surface area contributed by atoms with Crippen molar-refractivity contribution in [3.63, 3.8) is 0 Å². The Morgan fingerprint density at radius 3 is 1.41 bits per heavy atom. The Morgan fingerprint density at radius 2 is 1.00 bits per heavy atom. The van der Waals surface area contributed by atoms with Crippen LogP contribution in [0.1, 0.15) is 147 Å². The van der Waals surface area contributed by atoms with Gasteiger partial charge in [-0.1, -0.05) is 116 Å². The minimum Gasteiger partial charge on any atom is -0.166 e. The molecule has 0 spiro atoms. The van der Waals surface area contributed by atoms with Crippen LogP contribution in [0.25, 0.3) is 0 Å². The van der Waals surface area contributed by atoms with E-state index in [1.807, 2.05) is 6.07 Å². The number of alkyl halides is 3. The van der Waals surface area contributed by atoms with E-state index in [-0.39, 0.29) is 0 Å². The van der Waals surface area contributed by atoms with Crippen LogP contribution >= 0.6 is 15.2 Å². The second-order valence-corrected chi connectivity index (χ2v) is 19.2. The molecule has 0 fully saturated rings. The van der Waals surface area contributed by atoms with Crippen molar-refractivity contribution in [2.45, 2.75) is 149 Å². The Hall–Kier alpha value is -0.130. The summed E-state index contributed by atoms with van der Waals surface area (Å²) in [6, 6.07) is 6.18. The van der Waals surface area contributed by atoms with Crippen LogP contribution in [0.2, 0.25) is 0 Å². The van der Waals surface area contributed by atoms with Crippen LogP contribution in [0.3, 0.4) is 0 Å². The molecule has 0 saturated heterocycles. The zero-order valence-corrected chi connectivity index (χ0v) is 26.3. The van der Waals surface area contributed by atoms with E-state index in [1.165, 1.54) is 146 Å². The third kappa shape index (κ3) is 17.2. The van der Waals surface area contributed by atoms with E-state index in [0.717, 1.165) is 20.0 Å². The highest BCUT2D eigenvalue weighted by molar-refractivity contribution is 8.31. The first-order valence-electron chi connectivity index (χ1n) is 15.6. The Morgan fingerprint density at radius 1 is 0.595 bits per heavy atom. The van der Waals surface area contributed by atoms with Crippen LogP contribution in [0.5, 0.6) is 0 Å². The van der Waals surface area contributed by atoms with Crippen molar-refractivity contribution in [1.82, 2.24) is 0 Å². The summed E-state index contributed by atoms with van der Waals surface area (Å²) in [5, 5.41) is 0. The van der Waals surface area contributed by atoms with Crippen molar-refractivity contribution in [2.24, 2.45) is 0 Å². The van der Waals surface area contributed by atoms with Crippen molar-refractivity contribution >= 4 is 15.2 Å². The van der Waals surface area contributed by atoms with Gasteiger partial charge in [0, 0.05) is 21.4 Å². The molecule has 0 aliphatic heterocycles. The van der Waals surface area contributed by atoms with Crippen LogP contribution in [-0.4, -0.2) is 18.5 Å². The number of halogens is 3. The van der Waals surface area contributed by atoms with Crippen LogP contribution in [0.4, 0.5) is 13.2 Å². The summed E-state index contributed by atoms with van der Waals surface area (Å²) in [4.78, 5) is 0. The molecule has 0 bridgehead atoms. The van der Waals surface area contributed by atoms with E-state index in [4.69, 9.17) is 0 Å². The van der Waals surface area contributed by atoms with Crippen molar-refractivity contribution in [2.75, 3.05) is 18.5 Å². The molecule has 1 unspecified atom stereocenters. The fourth-order valence-corrected chi connectivity index (χ4v) is 14.0. The van der Waals surface area contributed by atoms with E-state index in [9.17, 15) is 13.2 Å². The highest BCUT2D eigenvalue weighted by atomic mass is 32.1. The molecule has 0 amide bonds. The van der Waals surface area contributed by atoms with Gasteiger partial charge >= 0.3 is 6.18 Å². The molecule has 1 aromatic rings. The first kappa shape index (κ1) is 34.9. The fourth-order valence-electron chi connectivity index (χ4n) is 5.27. The summed E-state index contributed by atoms with van der Waals surface area (Å²) in [6.07, 6.45) is 24.7. The molecule has 0 N–H and O–H groups in total. The average molecular weight is 562 g/mol. The highest BCUT2D eigenvalue weighted by Gasteiger charge is 2.36. The smallest absolute Gasteiger partial charge is 0.166 e. The van der Waals surface area contributed by atoms with Crippen molar-refractivity contribution in [1.29, 1.82) is 0 Å². The van der Waals surface area contributed by atoms with Gasteiger partial charge in [0.25, 0.3) is 0 Å². The third-order valence-corrected chi connectivity index (χ3v) is 16.9. The van der Waals surface area contributed by atoms with Crippen LogP contribution in [0, 0.1) is 0 Å². The Balaban J connectivity index is 2.88. The number of rotatable bonds is 24. The third-order valence-electron chi connectivity index (χ3n) is 7.69. The lowest BCUT2D eigenvalue weighted by Crippen LogP contribution is -2.07. The topological polar surface area (TPSA) is 0 Å². The lowest BCUT2D eigenvalue weighted by Gasteiger charge is -2.28. The van der Waals surface area contributed by atoms with Gasteiger partial charge in [-0.15, -0.1) is 0 Å². The largest absolute Gasteiger partial charge is 0.416 e. The molecular formula is C32H58F3P2+. The van der Waals surface area contributed by atoms with Crippen molar-refractivity contribution in [3.05, 3.63) is 35.4 Å². The summed E-state index contributed by atoms with van der Waals surface area (Å²) in [6.45, 7) is 5.67. The van der Waals surface area contributed by atoms with Gasteiger partial charge in [-0.25, -0.2) is 0 Å². The maximum Gasteiger partial charge on any atom is 0.416 e. The van der Waals surface area contributed by atoms with Crippen molar-refractivity contribution < 1.29 is 13.2 Å². The molecule has 5 heteroatoms. The molecule has 0 radical (unpaired) electrons. The predicted molar refractivity (Wildman–Crippen MR) is 165 cm³/mol. The summed E-state index contributed by atoms with van der Waals surface area (Å²) in [5.74, 6) is 0. The Labute approximate surface area is 230 Å². The molecule has 0 aliphatic carbocycles. The molecule has 1 aromatic carbocycles. The Bertz CT molecular complexity index is 619. The quantitative estimate of drug-likeness (QED) is 0.0870. The summed E-state index contributed by atoms with van der Waals surface area (Å²) >= 11 is 0. The maximum absolute atomic E-state index is 13.3. The molecule has 37 heavy (non-hydrogen) atoms. The molecule has 1 atom stereocenters. The lowest BCUT2D eigenvalue weighted by molar-refractivity contribution is -0.137. The van der Waals surface area contributed by atoms with Gasteiger partial charge in [-0.2, -0.15) is 13.2 Å². The molecule has 0 aromatic heterocycles. The SMILES string of the molecule is CCCCCCCC[P+](CCCCCCCC)(CCCCCCCC)PCc1cccc(C(F)(F)F)c1. The standard InChI is InChI=1S/C32H58F3P2/c1-4-7-10-13-16-19-25-37(26-20-17-14-11-8-5-2,27-21-18-15-12-9-6-3)36-29-30-23-22-24-31(28-30)32(33,34)35/h22-24,28,36H,4-21,25-27,29H2,1-3H3/q+1. The normalized spacial score (nSPS) is 12.7. The molecule has 216 valence electrons.